The van der Waals surface area contributed by atoms with Gasteiger partial charge in [-0.15, -0.1) is 0 Å². The van der Waals surface area contributed by atoms with Crippen molar-refractivity contribution in [2.45, 2.75) is 43.9 Å². The zero-order valence-electron chi connectivity index (χ0n) is 34.2. The molecular formula is C61H42. The van der Waals surface area contributed by atoms with Crippen LogP contribution in [0, 0.1) is 30.6 Å². The third-order valence-corrected chi connectivity index (χ3v) is 13.9. The first-order chi connectivity index (χ1) is 30.1. The lowest BCUT2D eigenvalue weighted by Gasteiger charge is -2.26. The highest BCUT2D eigenvalue weighted by molar-refractivity contribution is 6.03. The summed E-state index contributed by atoms with van der Waals surface area (Å²) in [5.41, 5.74) is 27.5. The van der Waals surface area contributed by atoms with Crippen LogP contribution in [0.3, 0.4) is 0 Å². The van der Waals surface area contributed by atoms with Gasteiger partial charge in [0.2, 0.25) is 0 Å². The van der Waals surface area contributed by atoms with Crippen molar-refractivity contribution in [3.8, 4) is 57.1 Å². The topological polar surface area (TPSA) is 0 Å². The fraction of sp³-hybridized carbons (Fsp3) is 0.115. The van der Waals surface area contributed by atoms with E-state index in [1.165, 1.54) is 89.0 Å². The van der Waals surface area contributed by atoms with E-state index in [1.807, 2.05) is 0 Å². The molecule has 0 N–H and O–H groups in total. The summed E-state index contributed by atoms with van der Waals surface area (Å²) >= 11 is 0. The molecule has 61 heavy (non-hydrogen) atoms. The molecule has 4 aliphatic rings. The van der Waals surface area contributed by atoms with Gasteiger partial charge in [0, 0.05) is 40.0 Å². The van der Waals surface area contributed by atoms with Gasteiger partial charge < -0.3 is 0 Å². The van der Waals surface area contributed by atoms with E-state index in [4.69, 9.17) is 0 Å². The molecule has 4 bridgehead atoms. The van der Waals surface area contributed by atoms with Crippen LogP contribution >= 0.6 is 0 Å². The van der Waals surface area contributed by atoms with E-state index in [1.54, 1.807) is 0 Å². The zero-order valence-corrected chi connectivity index (χ0v) is 34.2. The Morgan fingerprint density at radius 2 is 1.02 bits per heavy atom. The lowest BCUT2D eigenvalue weighted by molar-refractivity contribution is 0.800. The second kappa shape index (κ2) is 14.1. The monoisotopic (exact) mass is 774 g/mol. The van der Waals surface area contributed by atoms with Gasteiger partial charge in [-0.1, -0.05) is 181 Å². The maximum Gasteiger partial charge on any atom is 0.0281 e. The summed E-state index contributed by atoms with van der Waals surface area (Å²) in [7, 11) is 0. The molecule has 0 saturated carbocycles. The van der Waals surface area contributed by atoms with Crippen molar-refractivity contribution in [1.82, 2.24) is 0 Å². The number of rotatable bonds is 2. The minimum atomic E-state index is 0.146. The van der Waals surface area contributed by atoms with E-state index in [9.17, 15) is 0 Å². The van der Waals surface area contributed by atoms with Crippen LogP contribution in [0.15, 0.2) is 176 Å². The molecule has 0 spiro atoms. The quantitative estimate of drug-likeness (QED) is 0.153. The molecule has 0 saturated heterocycles. The van der Waals surface area contributed by atoms with Crippen LogP contribution in [0.1, 0.15) is 95.6 Å². The number of benzene rings is 8. The molecule has 286 valence electrons. The SMILES string of the molecule is C=C1C#Cc2ccccc2C[C@H]2c3ccccc3-c3c2c2c(c4c3[C@@H](Cc3ccccc31)c1ccccc1-4)[C@@H](Cc1ccccc1C#Cc1ccc(C)cc1)c1ccccc1-2. The Hall–Kier alpha value is -7.38. The first kappa shape index (κ1) is 35.6. The summed E-state index contributed by atoms with van der Waals surface area (Å²) in [6.45, 7) is 6.71. The Morgan fingerprint density at radius 1 is 0.492 bits per heavy atom. The van der Waals surface area contributed by atoms with Crippen molar-refractivity contribution in [3.05, 3.63) is 254 Å². The van der Waals surface area contributed by atoms with Gasteiger partial charge in [0.15, 0.2) is 0 Å². The third kappa shape index (κ3) is 5.64. The highest BCUT2D eigenvalue weighted by atomic mass is 14.5. The maximum absolute atomic E-state index is 4.59. The highest BCUT2D eigenvalue weighted by Crippen LogP contribution is 2.65. The van der Waals surface area contributed by atoms with Gasteiger partial charge in [-0.2, -0.15) is 0 Å². The van der Waals surface area contributed by atoms with Gasteiger partial charge >= 0.3 is 0 Å². The molecule has 0 radical (unpaired) electrons. The molecule has 0 heterocycles. The molecule has 0 aliphatic heterocycles. The van der Waals surface area contributed by atoms with Crippen molar-refractivity contribution in [2.75, 3.05) is 0 Å². The number of hydrogen-bond acceptors (Lipinski definition) is 0. The van der Waals surface area contributed by atoms with E-state index >= 15 is 0 Å². The maximum atomic E-state index is 4.59. The van der Waals surface area contributed by atoms with Gasteiger partial charge in [-0.05, 0) is 139 Å². The number of fused-ring (bicyclic) bond motifs is 11. The predicted molar refractivity (Wildman–Crippen MR) is 252 cm³/mol. The lowest BCUT2D eigenvalue weighted by Crippen LogP contribution is -2.10. The largest absolute Gasteiger partial charge is 0.0826 e. The summed E-state index contributed by atoms with van der Waals surface area (Å²) in [5.74, 6) is 14.8. The van der Waals surface area contributed by atoms with Crippen LogP contribution in [0.25, 0.3) is 39.0 Å². The van der Waals surface area contributed by atoms with Crippen LogP contribution in [-0.2, 0) is 19.3 Å². The zero-order chi connectivity index (χ0) is 40.6. The van der Waals surface area contributed by atoms with Crippen LogP contribution in [0.5, 0.6) is 0 Å². The molecule has 0 fully saturated rings. The van der Waals surface area contributed by atoms with Crippen LogP contribution in [0.4, 0.5) is 0 Å². The Bertz CT molecular complexity index is 3270. The number of aryl methyl sites for hydroxylation is 1. The fourth-order valence-electron chi connectivity index (χ4n) is 11.2. The van der Waals surface area contributed by atoms with Gasteiger partial charge in [0.05, 0.1) is 0 Å². The molecule has 4 aliphatic carbocycles. The first-order valence-corrected chi connectivity index (χ1v) is 21.7. The summed E-state index contributed by atoms with van der Waals surface area (Å²) in [6, 6.07) is 62.9. The van der Waals surface area contributed by atoms with Crippen molar-refractivity contribution in [1.29, 1.82) is 0 Å². The summed E-state index contributed by atoms with van der Waals surface area (Å²) in [6.07, 6.45) is 2.59. The standard InChI is InChI=1S/C61H42/c1-38-27-30-40(31-28-38)32-34-42-16-4-6-18-44(42)36-54-47-21-9-12-24-50(47)56-59-53-35-43-17-5-3-15-41(43)33-29-39(2)46-20-8-7-19-45(46)37-55-49-23-11-14-26-52(49)58(60(54)56)61(55)57(59)51-25-13-10-22-48(51)53/h3-28,30-31,53-55H,2,35-37H2,1H3/t53-,54-,55-/m0/s1. The van der Waals surface area contributed by atoms with E-state index in [0.717, 1.165) is 47.1 Å². The predicted octanol–water partition coefficient (Wildman–Crippen LogP) is 13.8. The van der Waals surface area contributed by atoms with Crippen LogP contribution in [-0.4, -0.2) is 0 Å². The van der Waals surface area contributed by atoms with Crippen LogP contribution < -0.4 is 0 Å². The molecule has 0 unspecified atom stereocenters. The molecule has 12 rings (SSSR count). The molecule has 3 atom stereocenters. The van der Waals surface area contributed by atoms with Crippen molar-refractivity contribution >= 4 is 5.57 Å². The van der Waals surface area contributed by atoms with E-state index < -0.39 is 0 Å². The van der Waals surface area contributed by atoms with Gasteiger partial charge in [-0.3, -0.25) is 0 Å². The second-order valence-corrected chi connectivity index (χ2v) is 17.2. The van der Waals surface area contributed by atoms with E-state index in [2.05, 4.69) is 207 Å². The Labute approximate surface area is 359 Å². The van der Waals surface area contributed by atoms with Gasteiger partial charge in [-0.25, -0.2) is 0 Å². The highest BCUT2D eigenvalue weighted by Gasteiger charge is 2.46. The van der Waals surface area contributed by atoms with Gasteiger partial charge in [0.25, 0.3) is 0 Å². The average Bonchev–Trinajstić information content (AvgIpc) is 3.91. The summed E-state index contributed by atoms with van der Waals surface area (Å²) in [5, 5.41) is 0. The van der Waals surface area contributed by atoms with E-state index in [-0.39, 0.29) is 17.8 Å². The van der Waals surface area contributed by atoms with Crippen LogP contribution in [0.2, 0.25) is 0 Å². The third-order valence-electron chi connectivity index (χ3n) is 13.9. The minimum Gasteiger partial charge on any atom is -0.0826 e. The first-order valence-electron chi connectivity index (χ1n) is 21.7. The molecule has 0 heteroatoms. The molecule has 8 aromatic carbocycles. The average molecular weight is 775 g/mol. The summed E-state index contributed by atoms with van der Waals surface area (Å²) < 4.78 is 0. The molecule has 0 amide bonds. The minimum absolute atomic E-state index is 0.146. The Kier molecular flexibility index (Phi) is 8.23. The van der Waals surface area contributed by atoms with Gasteiger partial charge in [0.1, 0.15) is 0 Å². The lowest BCUT2D eigenvalue weighted by atomic mass is 9.77. The smallest absolute Gasteiger partial charge is 0.0281 e. The van der Waals surface area contributed by atoms with E-state index in [0.29, 0.717) is 0 Å². The molecule has 0 aromatic heterocycles. The number of allylic oxidation sites excluding steroid dienone is 1. The van der Waals surface area contributed by atoms with Crippen molar-refractivity contribution in [2.24, 2.45) is 0 Å². The fourth-order valence-corrected chi connectivity index (χ4v) is 11.2. The Balaban J connectivity index is 1.16. The second-order valence-electron chi connectivity index (χ2n) is 17.2. The molecule has 0 nitrogen and oxygen atoms in total. The number of hydrogen-bond donors (Lipinski definition) is 0. The summed E-state index contributed by atoms with van der Waals surface area (Å²) in [4.78, 5) is 0. The molecule has 8 aromatic rings. The van der Waals surface area contributed by atoms with Crippen molar-refractivity contribution < 1.29 is 0 Å². The Morgan fingerprint density at radius 3 is 1.72 bits per heavy atom. The normalized spacial score (nSPS) is 16.9. The molecular weight excluding hydrogens is 733 g/mol. The van der Waals surface area contributed by atoms with Crippen molar-refractivity contribution in [3.63, 3.8) is 0 Å².